The van der Waals surface area contributed by atoms with Crippen molar-refractivity contribution in [1.29, 1.82) is 0 Å². The van der Waals surface area contributed by atoms with Crippen LogP contribution in [0.4, 0.5) is 5.69 Å². The Labute approximate surface area is 171 Å². The summed E-state index contributed by atoms with van der Waals surface area (Å²) in [5, 5.41) is 5.37. The lowest BCUT2D eigenvalue weighted by Crippen LogP contribution is -2.10. The van der Waals surface area contributed by atoms with E-state index in [4.69, 9.17) is 32.7 Å². The molecule has 0 aliphatic rings. The third-order valence-corrected chi connectivity index (χ3v) is 5.42. The van der Waals surface area contributed by atoms with Crippen LogP contribution in [0.15, 0.2) is 53.9 Å². The van der Waals surface area contributed by atoms with Crippen LogP contribution < -0.4 is 14.8 Å². The van der Waals surface area contributed by atoms with E-state index in [9.17, 15) is 4.79 Å². The minimum Gasteiger partial charge on any atom is -0.490 e. The first-order valence-corrected chi connectivity index (χ1v) is 9.89. The molecule has 0 bridgehead atoms. The quantitative estimate of drug-likeness (QED) is 0.487. The summed E-state index contributed by atoms with van der Waals surface area (Å²) in [6.45, 7) is 2.83. The van der Waals surface area contributed by atoms with E-state index in [1.807, 2.05) is 36.6 Å². The van der Waals surface area contributed by atoms with Crippen molar-refractivity contribution in [3.05, 3.63) is 74.4 Å². The van der Waals surface area contributed by atoms with E-state index in [1.54, 1.807) is 24.3 Å². The average molecular weight is 422 g/mol. The largest absolute Gasteiger partial charge is 0.490 e. The summed E-state index contributed by atoms with van der Waals surface area (Å²) in [5.41, 5.74) is 1.37. The molecule has 0 aliphatic heterocycles. The molecule has 0 atom stereocenters. The molecule has 0 unspecified atom stereocenters. The van der Waals surface area contributed by atoms with Crippen molar-refractivity contribution in [2.45, 2.75) is 13.5 Å². The van der Waals surface area contributed by atoms with E-state index in [1.165, 1.54) is 11.3 Å². The van der Waals surface area contributed by atoms with Gasteiger partial charge >= 0.3 is 0 Å². The van der Waals surface area contributed by atoms with E-state index < -0.39 is 0 Å². The molecule has 4 nitrogen and oxygen atoms in total. The fraction of sp³-hybridized carbons (Fsp3) is 0.150. The Balaban J connectivity index is 1.65. The van der Waals surface area contributed by atoms with Crippen LogP contribution in [0.25, 0.3) is 0 Å². The number of amides is 1. The number of nitrogens with one attached hydrogen (secondary N) is 1. The number of benzene rings is 2. The van der Waals surface area contributed by atoms with Crippen molar-refractivity contribution >= 4 is 46.1 Å². The first-order chi connectivity index (χ1) is 13.1. The van der Waals surface area contributed by atoms with Crippen molar-refractivity contribution in [3.63, 3.8) is 0 Å². The molecule has 3 aromatic rings. The number of carbonyl (C=O) groups excluding carboxylic acids is 1. The van der Waals surface area contributed by atoms with Gasteiger partial charge in [-0.05, 0) is 42.6 Å². The second kappa shape index (κ2) is 9.13. The fourth-order valence-electron chi connectivity index (χ4n) is 2.36. The highest BCUT2D eigenvalue weighted by atomic mass is 35.5. The number of halogens is 2. The maximum absolute atomic E-state index is 12.4. The summed E-state index contributed by atoms with van der Waals surface area (Å²) in [6.07, 6.45) is 0. The lowest BCUT2D eigenvalue weighted by molar-refractivity contribution is 0.103. The number of anilines is 1. The van der Waals surface area contributed by atoms with Gasteiger partial charge in [-0.2, -0.15) is 0 Å². The summed E-state index contributed by atoms with van der Waals surface area (Å²) in [5.74, 6) is 1.12. The first-order valence-electron chi connectivity index (χ1n) is 8.26. The van der Waals surface area contributed by atoms with Crippen molar-refractivity contribution in [1.82, 2.24) is 0 Å². The molecule has 0 aliphatic carbocycles. The highest BCUT2D eigenvalue weighted by Gasteiger charge is 2.13. The number of hydrogen-bond donors (Lipinski definition) is 1. The van der Waals surface area contributed by atoms with Crippen LogP contribution in [0.3, 0.4) is 0 Å². The molecule has 0 fully saturated rings. The molecule has 0 radical (unpaired) electrons. The fourth-order valence-corrected chi connectivity index (χ4v) is 3.50. The number of hydrogen-bond acceptors (Lipinski definition) is 4. The molecular formula is C20H17Cl2NO3S. The second-order valence-corrected chi connectivity index (χ2v) is 7.24. The predicted molar refractivity (Wildman–Crippen MR) is 111 cm³/mol. The summed E-state index contributed by atoms with van der Waals surface area (Å²) in [6, 6.07) is 14.4. The standard InChI is InChI=1S/C20H17Cl2NO3S/c1-2-25-16-8-3-4-9-17(16)26-11-13-10-18(27-12-13)20(24)23-15-7-5-6-14(21)19(15)22/h3-10,12H,2,11H2,1H3,(H,23,24). The molecule has 1 aromatic heterocycles. The Hall–Kier alpha value is -2.21. The minimum absolute atomic E-state index is 0.245. The third kappa shape index (κ3) is 4.95. The lowest BCUT2D eigenvalue weighted by atomic mass is 10.3. The van der Waals surface area contributed by atoms with E-state index in [2.05, 4.69) is 5.32 Å². The Kier molecular flexibility index (Phi) is 6.61. The zero-order valence-electron chi connectivity index (χ0n) is 14.5. The summed E-state index contributed by atoms with van der Waals surface area (Å²) >= 11 is 13.4. The van der Waals surface area contributed by atoms with Crippen LogP contribution in [-0.2, 0) is 6.61 Å². The molecule has 7 heteroatoms. The van der Waals surface area contributed by atoms with Gasteiger partial charge in [0.2, 0.25) is 0 Å². The maximum Gasteiger partial charge on any atom is 0.265 e. The normalized spacial score (nSPS) is 10.5. The maximum atomic E-state index is 12.4. The summed E-state index contributed by atoms with van der Waals surface area (Å²) in [7, 11) is 0. The van der Waals surface area contributed by atoms with Crippen molar-refractivity contribution in [3.8, 4) is 11.5 Å². The molecule has 0 saturated heterocycles. The predicted octanol–water partition coefficient (Wildman–Crippen LogP) is 6.28. The SMILES string of the molecule is CCOc1ccccc1OCc1csc(C(=O)Nc2cccc(Cl)c2Cl)c1. The Morgan fingerprint density at radius 3 is 2.56 bits per heavy atom. The summed E-state index contributed by atoms with van der Waals surface area (Å²) < 4.78 is 11.4. The van der Waals surface area contributed by atoms with Crippen molar-refractivity contribution in [2.24, 2.45) is 0 Å². The van der Waals surface area contributed by atoms with Crippen LogP contribution in [0.5, 0.6) is 11.5 Å². The highest BCUT2D eigenvalue weighted by molar-refractivity contribution is 7.12. The number of ether oxygens (including phenoxy) is 2. The van der Waals surface area contributed by atoms with E-state index in [0.29, 0.717) is 45.3 Å². The van der Waals surface area contributed by atoms with Crippen LogP contribution in [0, 0.1) is 0 Å². The molecule has 0 saturated carbocycles. The van der Waals surface area contributed by atoms with Crippen LogP contribution in [0.1, 0.15) is 22.2 Å². The molecule has 1 heterocycles. The number of para-hydroxylation sites is 2. The van der Waals surface area contributed by atoms with Gasteiger partial charge in [0.25, 0.3) is 5.91 Å². The lowest BCUT2D eigenvalue weighted by Gasteiger charge is -2.10. The Morgan fingerprint density at radius 1 is 1.07 bits per heavy atom. The van der Waals surface area contributed by atoms with E-state index in [0.717, 1.165) is 5.56 Å². The van der Waals surface area contributed by atoms with Gasteiger partial charge in [0.15, 0.2) is 11.5 Å². The molecule has 0 spiro atoms. The Bertz CT molecular complexity index is 942. The van der Waals surface area contributed by atoms with Gasteiger partial charge in [-0.1, -0.05) is 41.4 Å². The van der Waals surface area contributed by atoms with Gasteiger partial charge < -0.3 is 14.8 Å². The topological polar surface area (TPSA) is 47.6 Å². The third-order valence-electron chi connectivity index (χ3n) is 3.62. The van der Waals surface area contributed by atoms with Gasteiger partial charge in [-0.25, -0.2) is 0 Å². The minimum atomic E-state index is -0.245. The summed E-state index contributed by atoms with van der Waals surface area (Å²) in [4.78, 5) is 13.0. The van der Waals surface area contributed by atoms with Gasteiger partial charge in [0, 0.05) is 5.56 Å². The molecule has 140 valence electrons. The van der Waals surface area contributed by atoms with Crippen LogP contribution in [-0.4, -0.2) is 12.5 Å². The van der Waals surface area contributed by atoms with Crippen molar-refractivity contribution in [2.75, 3.05) is 11.9 Å². The van der Waals surface area contributed by atoms with E-state index in [-0.39, 0.29) is 5.91 Å². The number of thiophene rings is 1. The first kappa shape index (κ1) is 19.5. The average Bonchev–Trinajstić information content (AvgIpc) is 3.14. The van der Waals surface area contributed by atoms with Crippen LogP contribution >= 0.6 is 34.5 Å². The molecule has 1 amide bonds. The number of carbonyl (C=O) groups is 1. The molecule has 3 rings (SSSR count). The monoisotopic (exact) mass is 421 g/mol. The van der Waals surface area contributed by atoms with Gasteiger partial charge in [-0.15, -0.1) is 11.3 Å². The van der Waals surface area contributed by atoms with Gasteiger partial charge in [0.1, 0.15) is 6.61 Å². The highest BCUT2D eigenvalue weighted by Crippen LogP contribution is 2.31. The molecule has 27 heavy (non-hydrogen) atoms. The molecule has 1 N–H and O–H groups in total. The van der Waals surface area contributed by atoms with Gasteiger partial charge in [0.05, 0.1) is 27.2 Å². The smallest absolute Gasteiger partial charge is 0.265 e. The zero-order valence-corrected chi connectivity index (χ0v) is 16.8. The number of rotatable bonds is 7. The Morgan fingerprint density at radius 2 is 1.81 bits per heavy atom. The molecule has 2 aromatic carbocycles. The van der Waals surface area contributed by atoms with Gasteiger partial charge in [-0.3, -0.25) is 4.79 Å². The van der Waals surface area contributed by atoms with Crippen LogP contribution in [0.2, 0.25) is 10.0 Å². The second-order valence-electron chi connectivity index (χ2n) is 5.54. The zero-order chi connectivity index (χ0) is 19.2. The van der Waals surface area contributed by atoms with Crippen molar-refractivity contribution < 1.29 is 14.3 Å². The van der Waals surface area contributed by atoms with E-state index >= 15 is 0 Å². The molecular weight excluding hydrogens is 405 g/mol.